The molecule has 3 rings (SSSR count). The van der Waals surface area contributed by atoms with Crippen molar-refractivity contribution in [1.29, 1.82) is 0 Å². The summed E-state index contributed by atoms with van der Waals surface area (Å²) in [4.78, 5) is 1.64. The third kappa shape index (κ3) is 3.05. The van der Waals surface area contributed by atoms with Crippen LogP contribution in [0, 0.1) is 11.8 Å². The van der Waals surface area contributed by atoms with Crippen molar-refractivity contribution < 1.29 is 0 Å². The van der Waals surface area contributed by atoms with Crippen LogP contribution < -0.4 is 5.32 Å². The van der Waals surface area contributed by atoms with Crippen LogP contribution in [0.2, 0.25) is 0 Å². The number of hydrogen-bond donors (Lipinski definition) is 1. The monoisotopic (exact) mass is 277 g/mol. The number of thiophene rings is 1. The first-order valence-corrected chi connectivity index (χ1v) is 8.94. The minimum Gasteiger partial charge on any atom is -0.307 e. The molecule has 0 aromatic carbocycles. The van der Waals surface area contributed by atoms with Crippen LogP contribution in [0.1, 0.15) is 68.9 Å². The van der Waals surface area contributed by atoms with E-state index >= 15 is 0 Å². The van der Waals surface area contributed by atoms with Crippen molar-refractivity contribution in [2.75, 3.05) is 0 Å². The summed E-state index contributed by atoms with van der Waals surface area (Å²) in [6.45, 7) is 4.77. The Labute approximate surface area is 121 Å². The van der Waals surface area contributed by atoms with Gasteiger partial charge in [0.1, 0.15) is 0 Å². The predicted molar refractivity (Wildman–Crippen MR) is 83.7 cm³/mol. The van der Waals surface area contributed by atoms with Gasteiger partial charge in [-0.3, -0.25) is 0 Å². The third-order valence-corrected chi connectivity index (χ3v) is 6.20. The molecule has 0 saturated heterocycles. The molecule has 1 N–H and O–H groups in total. The van der Waals surface area contributed by atoms with Crippen molar-refractivity contribution in [3.8, 4) is 0 Å². The second-order valence-electron chi connectivity index (χ2n) is 6.77. The van der Waals surface area contributed by atoms with Crippen molar-refractivity contribution in [1.82, 2.24) is 5.32 Å². The maximum absolute atomic E-state index is 3.97. The van der Waals surface area contributed by atoms with Gasteiger partial charge in [0.15, 0.2) is 0 Å². The Morgan fingerprint density at radius 2 is 1.95 bits per heavy atom. The normalized spacial score (nSPS) is 31.4. The van der Waals surface area contributed by atoms with E-state index < -0.39 is 0 Å². The average molecular weight is 277 g/mol. The summed E-state index contributed by atoms with van der Waals surface area (Å²) in [5.74, 6) is 1.85. The van der Waals surface area contributed by atoms with E-state index in [-0.39, 0.29) is 0 Å². The molecule has 0 amide bonds. The van der Waals surface area contributed by atoms with Crippen LogP contribution in [-0.2, 0) is 6.42 Å². The summed E-state index contributed by atoms with van der Waals surface area (Å²) >= 11 is 1.96. The summed E-state index contributed by atoms with van der Waals surface area (Å²) in [6, 6.07) is 3.78. The summed E-state index contributed by atoms with van der Waals surface area (Å²) in [7, 11) is 0. The molecule has 1 aromatic heterocycles. The molecule has 0 spiro atoms. The van der Waals surface area contributed by atoms with Crippen LogP contribution >= 0.6 is 11.3 Å². The van der Waals surface area contributed by atoms with Gasteiger partial charge in [-0.2, -0.15) is 0 Å². The molecule has 2 heteroatoms. The molecule has 1 aromatic rings. The Balaban J connectivity index is 1.56. The van der Waals surface area contributed by atoms with E-state index in [0.717, 1.165) is 17.9 Å². The summed E-state index contributed by atoms with van der Waals surface area (Å²) in [5, 5.41) is 6.24. The number of aryl methyl sites for hydroxylation is 1. The molecule has 0 radical (unpaired) electrons. The molecule has 2 aliphatic carbocycles. The van der Waals surface area contributed by atoms with Crippen LogP contribution in [0.3, 0.4) is 0 Å². The molecule has 2 aliphatic rings. The number of fused-ring (bicyclic) bond motifs is 1. The fourth-order valence-corrected chi connectivity index (χ4v) is 4.88. The highest BCUT2D eigenvalue weighted by molar-refractivity contribution is 7.10. The van der Waals surface area contributed by atoms with Crippen LogP contribution in [0.25, 0.3) is 0 Å². The topological polar surface area (TPSA) is 12.0 Å². The molecule has 1 heterocycles. The van der Waals surface area contributed by atoms with Gasteiger partial charge in [0.2, 0.25) is 0 Å². The lowest BCUT2D eigenvalue weighted by Crippen LogP contribution is -2.37. The van der Waals surface area contributed by atoms with Gasteiger partial charge in [-0.15, -0.1) is 11.3 Å². The van der Waals surface area contributed by atoms with E-state index in [1.54, 1.807) is 10.4 Å². The molecule has 106 valence electrons. The zero-order valence-corrected chi connectivity index (χ0v) is 13.1. The highest BCUT2D eigenvalue weighted by atomic mass is 32.1. The summed E-state index contributed by atoms with van der Waals surface area (Å²) < 4.78 is 0. The van der Waals surface area contributed by atoms with Crippen LogP contribution in [-0.4, -0.2) is 6.04 Å². The first-order valence-electron chi connectivity index (χ1n) is 8.06. The maximum Gasteiger partial charge on any atom is 0.0333 e. The van der Waals surface area contributed by atoms with Gasteiger partial charge < -0.3 is 5.32 Å². The zero-order valence-electron chi connectivity index (χ0n) is 12.3. The maximum atomic E-state index is 3.97. The van der Waals surface area contributed by atoms with E-state index in [1.165, 1.54) is 44.9 Å². The van der Waals surface area contributed by atoms with Crippen LogP contribution in [0.4, 0.5) is 0 Å². The first-order chi connectivity index (χ1) is 9.24. The van der Waals surface area contributed by atoms with Crippen LogP contribution in [0.15, 0.2) is 11.4 Å². The lowest BCUT2D eigenvalue weighted by atomic mass is 9.79. The number of rotatable bonds is 3. The van der Waals surface area contributed by atoms with Crippen molar-refractivity contribution in [3.05, 3.63) is 21.9 Å². The second kappa shape index (κ2) is 5.97. The quantitative estimate of drug-likeness (QED) is 0.826. The molecule has 1 nitrogen and oxygen atoms in total. The Morgan fingerprint density at radius 1 is 1.16 bits per heavy atom. The molecule has 1 atom stereocenters. The minimum atomic E-state index is 0.649. The van der Waals surface area contributed by atoms with Crippen molar-refractivity contribution in [2.45, 2.75) is 70.9 Å². The molecule has 0 bridgehead atoms. The lowest BCUT2D eigenvalue weighted by molar-refractivity contribution is 0.224. The van der Waals surface area contributed by atoms with Gasteiger partial charge in [0.25, 0.3) is 0 Å². The predicted octanol–water partition coefficient (Wildman–Crippen LogP) is 4.93. The highest BCUT2D eigenvalue weighted by Crippen LogP contribution is 2.36. The third-order valence-electron chi connectivity index (χ3n) is 5.20. The van der Waals surface area contributed by atoms with Crippen LogP contribution in [0.5, 0.6) is 0 Å². The molecular formula is C17H27NS. The molecule has 1 unspecified atom stereocenters. The fraction of sp³-hybridized carbons (Fsp3) is 0.765. The highest BCUT2D eigenvalue weighted by Gasteiger charge is 2.27. The fourth-order valence-electron chi connectivity index (χ4n) is 3.90. The number of nitrogens with one attached hydrogen (secondary N) is 1. The summed E-state index contributed by atoms with van der Waals surface area (Å²) in [6.07, 6.45) is 9.65. The first kappa shape index (κ1) is 13.6. The second-order valence-corrected chi connectivity index (χ2v) is 7.77. The van der Waals surface area contributed by atoms with E-state index in [2.05, 4.69) is 30.6 Å². The minimum absolute atomic E-state index is 0.649. The smallest absolute Gasteiger partial charge is 0.0333 e. The lowest BCUT2D eigenvalue weighted by Gasteiger charge is -2.35. The molecule has 1 saturated carbocycles. The zero-order chi connectivity index (χ0) is 13.2. The van der Waals surface area contributed by atoms with Gasteiger partial charge >= 0.3 is 0 Å². The van der Waals surface area contributed by atoms with E-state index in [0.29, 0.717) is 6.04 Å². The summed E-state index contributed by atoms with van der Waals surface area (Å²) in [5.41, 5.74) is 1.61. The molecule has 19 heavy (non-hydrogen) atoms. The SMILES string of the molecule is CC(C)C1CCC(NC2CCCc3sccc32)CC1. The van der Waals surface area contributed by atoms with E-state index in [9.17, 15) is 0 Å². The van der Waals surface area contributed by atoms with Crippen molar-refractivity contribution >= 4 is 11.3 Å². The van der Waals surface area contributed by atoms with Gasteiger partial charge in [-0.05, 0) is 73.8 Å². The van der Waals surface area contributed by atoms with E-state index in [1.807, 2.05) is 11.3 Å². The molecule has 1 fully saturated rings. The van der Waals surface area contributed by atoms with Crippen molar-refractivity contribution in [3.63, 3.8) is 0 Å². The Bertz CT molecular complexity index is 401. The van der Waals surface area contributed by atoms with E-state index in [4.69, 9.17) is 0 Å². The molecule has 0 aliphatic heterocycles. The standard InChI is InChI=1S/C17H27NS/c1-12(2)13-6-8-14(9-7-13)18-16-4-3-5-17-15(16)10-11-19-17/h10-14,16,18H,3-9H2,1-2H3. The Morgan fingerprint density at radius 3 is 2.68 bits per heavy atom. The van der Waals surface area contributed by atoms with Gasteiger partial charge in [-0.25, -0.2) is 0 Å². The van der Waals surface area contributed by atoms with Crippen molar-refractivity contribution in [2.24, 2.45) is 11.8 Å². The largest absolute Gasteiger partial charge is 0.307 e. The average Bonchev–Trinajstić information content (AvgIpc) is 2.89. The van der Waals surface area contributed by atoms with Gasteiger partial charge in [-0.1, -0.05) is 13.8 Å². The van der Waals surface area contributed by atoms with Gasteiger partial charge in [0.05, 0.1) is 0 Å². The molecular weight excluding hydrogens is 250 g/mol. The number of hydrogen-bond acceptors (Lipinski definition) is 2. The Kier molecular flexibility index (Phi) is 4.28. The van der Waals surface area contributed by atoms with Gasteiger partial charge in [0, 0.05) is 17.0 Å². The Hall–Kier alpha value is -0.340.